The average molecular weight is 780 g/mol. The van der Waals surface area contributed by atoms with Crippen LogP contribution in [0.1, 0.15) is 52.7 Å². The van der Waals surface area contributed by atoms with E-state index in [-0.39, 0.29) is 0 Å². The van der Waals surface area contributed by atoms with Crippen LogP contribution in [0.25, 0.3) is 93.2 Å². The number of aromatic nitrogens is 1. The molecule has 0 bridgehead atoms. The smallest absolute Gasteiger partial charge is 0.0541 e. The van der Waals surface area contributed by atoms with Crippen LogP contribution in [0.15, 0.2) is 189 Å². The number of allylic oxidation sites excluding steroid dienone is 3. The molecule has 1 heteroatoms. The standard InChI is InChI=1S/C48H33N.C7H12.2C2H6/c1-30-10-3-4-11-36(30)37-14-9-15-38(31(37)2)40-27-21-34-22-28-43-39(26-20-33-23-29-44(40)48(34)47(33)43)32-18-24-35(25-19-32)49-45-16-7-5-12-41(45)42-13-6-8-17-46(42)49;1-4-5-6-7(2)3;2*1-2/h3-29H,1-2H3;4-7H,1H2,2-3H3;2*1-2H3/b;6-5-;;. The summed E-state index contributed by atoms with van der Waals surface area (Å²) >= 11 is 0. The SMILES string of the molecule is C=C/C=C\C(C)C.CC.CC.Cc1ccccc1-c1cccc(-c2ccc3ccc4c(-c5ccc(-n6c7ccccc7c7ccccc76)cc5)ccc5ccc2c3c54)c1C. The van der Waals surface area contributed by atoms with Crippen molar-refractivity contribution in [2.75, 3.05) is 0 Å². The highest BCUT2D eigenvalue weighted by Crippen LogP contribution is 2.44. The third-order valence-corrected chi connectivity index (χ3v) is 11.4. The minimum atomic E-state index is 0.651. The largest absolute Gasteiger partial charge is 0.309 e. The van der Waals surface area contributed by atoms with Crippen molar-refractivity contribution in [3.63, 3.8) is 0 Å². The van der Waals surface area contributed by atoms with Gasteiger partial charge in [-0.2, -0.15) is 0 Å². The maximum atomic E-state index is 3.55. The third-order valence-electron chi connectivity index (χ3n) is 11.4. The van der Waals surface area contributed by atoms with Gasteiger partial charge in [-0.1, -0.05) is 206 Å². The number of hydrogen-bond acceptors (Lipinski definition) is 0. The Hall–Kier alpha value is -6.70. The molecule has 298 valence electrons. The summed E-state index contributed by atoms with van der Waals surface area (Å²) < 4.78 is 2.39. The summed E-state index contributed by atoms with van der Waals surface area (Å²) in [4.78, 5) is 0. The lowest BCUT2D eigenvalue weighted by atomic mass is 9.85. The van der Waals surface area contributed by atoms with Crippen LogP contribution in [-0.2, 0) is 0 Å². The number of benzene rings is 9. The van der Waals surface area contributed by atoms with Crippen LogP contribution in [0.3, 0.4) is 0 Å². The van der Waals surface area contributed by atoms with Gasteiger partial charge in [0.25, 0.3) is 0 Å². The van der Waals surface area contributed by atoms with Gasteiger partial charge in [0.15, 0.2) is 0 Å². The van der Waals surface area contributed by atoms with Gasteiger partial charge in [0.05, 0.1) is 11.0 Å². The molecule has 0 fully saturated rings. The summed E-state index contributed by atoms with van der Waals surface area (Å²) in [6.07, 6.45) is 5.86. The minimum absolute atomic E-state index is 0.651. The van der Waals surface area contributed by atoms with Crippen LogP contribution in [0.5, 0.6) is 0 Å². The van der Waals surface area contributed by atoms with Crippen LogP contribution in [0.4, 0.5) is 0 Å². The van der Waals surface area contributed by atoms with Gasteiger partial charge in [-0.05, 0) is 121 Å². The van der Waals surface area contributed by atoms with Gasteiger partial charge in [0, 0.05) is 16.5 Å². The molecule has 1 nitrogen and oxygen atoms in total. The summed E-state index contributed by atoms with van der Waals surface area (Å²) in [6, 6.07) is 60.5. The van der Waals surface area contributed by atoms with E-state index in [9.17, 15) is 0 Å². The molecule has 0 amide bonds. The number of aryl methyl sites for hydroxylation is 1. The van der Waals surface area contributed by atoms with Gasteiger partial charge in [-0.3, -0.25) is 0 Å². The Balaban J connectivity index is 0.000000447. The van der Waals surface area contributed by atoms with Gasteiger partial charge < -0.3 is 4.57 Å². The zero-order chi connectivity index (χ0) is 42.3. The first kappa shape index (κ1) is 41.5. The van der Waals surface area contributed by atoms with E-state index >= 15 is 0 Å². The maximum Gasteiger partial charge on any atom is 0.0541 e. The molecule has 60 heavy (non-hydrogen) atoms. The summed E-state index contributed by atoms with van der Waals surface area (Å²) in [5, 5.41) is 10.4. The predicted molar refractivity (Wildman–Crippen MR) is 267 cm³/mol. The molecule has 0 aliphatic carbocycles. The van der Waals surface area contributed by atoms with Crippen molar-refractivity contribution in [2.24, 2.45) is 5.92 Å². The lowest BCUT2D eigenvalue weighted by Gasteiger charge is -2.19. The second-order valence-corrected chi connectivity index (χ2v) is 15.2. The first-order valence-corrected chi connectivity index (χ1v) is 21.7. The number of fused-ring (bicyclic) bond motifs is 3. The molecule has 1 aromatic heterocycles. The third kappa shape index (κ3) is 7.64. The van der Waals surface area contributed by atoms with E-state index in [0.29, 0.717) is 5.92 Å². The Labute approximate surface area is 357 Å². The Morgan fingerprint density at radius 2 is 0.933 bits per heavy atom. The highest BCUT2D eigenvalue weighted by molar-refractivity contribution is 6.27. The molecule has 0 spiro atoms. The van der Waals surface area contributed by atoms with E-state index in [1.54, 1.807) is 6.08 Å². The Morgan fingerprint density at radius 3 is 1.48 bits per heavy atom. The van der Waals surface area contributed by atoms with E-state index < -0.39 is 0 Å². The topological polar surface area (TPSA) is 4.93 Å². The van der Waals surface area contributed by atoms with Gasteiger partial charge >= 0.3 is 0 Å². The molecule has 0 saturated heterocycles. The van der Waals surface area contributed by atoms with Crippen LogP contribution >= 0.6 is 0 Å². The van der Waals surface area contributed by atoms with Crippen molar-refractivity contribution in [3.8, 4) is 39.1 Å². The fourth-order valence-corrected chi connectivity index (χ4v) is 8.67. The summed E-state index contributed by atoms with van der Waals surface area (Å²) in [6.45, 7) is 20.3. The molecule has 0 unspecified atom stereocenters. The van der Waals surface area contributed by atoms with E-state index in [4.69, 9.17) is 0 Å². The maximum absolute atomic E-state index is 3.55. The molecule has 0 atom stereocenters. The molecule has 0 aliphatic heterocycles. The van der Waals surface area contributed by atoms with Crippen molar-refractivity contribution in [3.05, 3.63) is 200 Å². The minimum Gasteiger partial charge on any atom is -0.309 e. The number of nitrogens with zero attached hydrogens (tertiary/aromatic N) is 1. The zero-order valence-corrected chi connectivity index (χ0v) is 36.6. The average Bonchev–Trinajstić information content (AvgIpc) is 3.64. The highest BCUT2D eigenvalue weighted by atomic mass is 15.0. The van der Waals surface area contributed by atoms with Crippen LogP contribution in [0, 0.1) is 19.8 Å². The van der Waals surface area contributed by atoms with E-state index in [0.717, 1.165) is 0 Å². The summed E-state index contributed by atoms with van der Waals surface area (Å²) in [5.74, 6) is 0.651. The van der Waals surface area contributed by atoms with E-state index in [1.807, 2.05) is 33.8 Å². The van der Waals surface area contributed by atoms with Gasteiger partial charge in [0.1, 0.15) is 0 Å². The lowest BCUT2D eigenvalue weighted by molar-refractivity contribution is 0.832. The monoisotopic (exact) mass is 779 g/mol. The van der Waals surface area contributed by atoms with Crippen LogP contribution < -0.4 is 0 Å². The lowest BCUT2D eigenvalue weighted by Crippen LogP contribution is -1.94. The van der Waals surface area contributed by atoms with Crippen molar-refractivity contribution in [1.29, 1.82) is 0 Å². The quantitative estimate of drug-likeness (QED) is 0.117. The normalized spacial score (nSPS) is 11.2. The first-order chi connectivity index (χ1) is 29.4. The molecule has 0 saturated carbocycles. The fraction of sp³-hybridized carbons (Fsp3) is 0.153. The molecule has 9 aromatic carbocycles. The van der Waals surface area contributed by atoms with Crippen LogP contribution in [0.2, 0.25) is 0 Å². The number of hydrogen-bond donors (Lipinski definition) is 0. The fourth-order valence-electron chi connectivity index (χ4n) is 8.67. The molecule has 1 heterocycles. The van der Waals surface area contributed by atoms with E-state index in [2.05, 4.69) is 209 Å². The summed E-state index contributed by atoms with van der Waals surface area (Å²) in [5.41, 5.74) is 13.9. The van der Waals surface area contributed by atoms with Crippen molar-refractivity contribution in [2.45, 2.75) is 55.4 Å². The van der Waals surface area contributed by atoms with Crippen LogP contribution in [-0.4, -0.2) is 4.57 Å². The molecule has 0 radical (unpaired) electrons. The van der Waals surface area contributed by atoms with E-state index in [1.165, 1.54) is 104 Å². The second kappa shape index (κ2) is 18.5. The first-order valence-electron chi connectivity index (χ1n) is 21.7. The van der Waals surface area contributed by atoms with Gasteiger partial charge in [-0.25, -0.2) is 0 Å². The van der Waals surface area contributed by atoms with Crippen molar-refractivity contribution in [1.82, 2.24) is 4.57 Å². The van der Waals surface area contributed by atoms with Crippen molar-refractivity contribution >= 4 is 54.1 Å². The predicted octanol–water partition coefficient (Wildman–Crippen LogP) is 17.7. The molecular formula is C59H57N. The molecular weight excluding hydrogens is 723 g/mol. The second-order valence-electron chi connectivity index (χ2n) is 15.2. The Kier molecular flexibility index (Phi) is 12.8. The number of para-hydroxylation sites is 2. The molecule has 0 N–H and O–H groups in total. The number of rotatable bonds is 6. The molecule has 10 aromatic rings. The zero-order valence-electron chi connectivity index (χ0n) is 36.6. The Bertz CT molecular complexity index is 3030. The van der Waals surface area contributed by atoms with Crippen molar-refractivity contribution < 1.29 is 0 Å². The Morgan fingerprint density at radius 1 is 0.450 bits per heavy atom. The van der Waals surface area contributed by atoms with Gasteiger partial charge in [-0.15, -0.1) is 0 Å². The highest BCUT2D eigenvalue weighted by Gasteiger charge is 2.18. The molecule has 10 rings (SSSR count). The summed E-state index contributed by atoms with van der Waals surface area (Å²) in [7, 11) is 0. The van der Waals surface area contributed by atoms with Gasteiger partial charge in [0.2, 0.25) is 0 Å². The molecule has 0 aliphatic rings.